The van der Waals surface area contributed by atoms with Crippen LogP contribution in [0.3, 0.4) is 0 Å². The van der Waals surface area contributed by atoms with E-state index in [1.807, 2.05) is 0 Å². The Morgan fingerprint density at radius 1 is 1.26 bits per heavy atom. The molecule has 0 saturated heterocycles. The van der Waals surface area contributed by atoms with E-state index in [0.29, 0.717) is 16.9 Å². The highest BCUT2D eigenvalue weighted by atomic mass is 32.2. The Morgan fingerprint density at radius 2 is 1.83 bits per heavy atom. The zero-order valence-electron chi connectivity index (χ0n) is 11.3. The van der Waals surface area contributed by atoms with Crippen LogP contribution in [0.1, 0.15) is 10.4 Å². The number of alkyl halides is 3. The van der Waals surface area contributed by atoms with Crippen molar-refractivity contribution in [3.63, 3.8) is 0 Å². The summed E-state index contributed by atoms with van der Waals surface area (Å²) in [6.07, 6.45) is 1.44. The predicted octanol–water partition coefficient (Wildman–Crippen LogP) is 1.73. The van der Waals surface area contributed by atoms with Gasteiger partial charge in [0.2, 0.25) is 5.88 Å². The normalized spacial score (nSPS) is 11.5. The molecule has 0 fully saturated rings. The molecule has 0 aliphatic rings. The Morgan fingerprint density at radius 3 is 2.26 bits per heavy atom. The Hall–Kier alpha value is -2.47. The number of pyridine rings is 2. The third-order valence-corrected chi connectivity index (χ3v) is 2.88. The Kier molecular flexibility index (Phi) is 5.45. The fourth-order valence-corrected chi connectivity index (χ4v) is 1.29. The van der Waals surface area contributed by atoms with Crippen molar-refractivity contribution < 1.29 is 40.8 Å². The van der Waals surface area contributed by atoms with Gasteiger partial charge in [0.05, 0.1) is 18.2 Å². The van der Waals surface area contributed by atoms with E-state index in [2.05, 4.69) is 9.97 Å². The van der Waals surface area contributed by atoms with Crippen molar-refractivity contribution in [3.8, 4) is 5.88 Å². The molecule has 0 atom stereocenters. The standard InChI is InChI=1S/C10H8N2O3.CHF3O3S/c1-15-8-3-2-7-9(12-8)6(10(13)14)4-5-11-7;2-1(3,4)8(5,6)7/h2-5H,1H3,(H,13,14);(H,5,6,7). The molecule has 2 N–H and O–H groups in total. The van der Waals surface area contributed by atoms with Crippen molar-refractivity contribution in [1.29, 1.82) is 0 Å². The lowest BCUT2D eigenvalue weighted by Crippen LogP contribution is -2.21. The van der Waals surface area contributed by atoms with Gasteiger partial charge >= 0.3 is 21.6 Å². The summed E-state index contributed by atoms with van der Waals surface area (Å²) < 4.78 is 62.5. The van der Waals surface area contributed by atoms with Gasteiger partial charge in [-0.25, -0.2) is 9.78 Å². The summed E-state index contributed by atoms with van der Waals surface area (Å²) in [5.74, 6) is -0.652. The minimum absolute atomic E-state index is 0.124. The second-order valence-corrected chi connectivity index (χ2v) is 5.22. The molecule has 2 aromatic heterocycles. The Balaban J connectivity index is 0.000000284. The van der Waals surface area contributed by atoms with Crippen LogP contribution in [-0.4, -0.2) is 46.6 Å². The molecule has 0 radical (unpaired) electrons. The first kappa shape index (κ1) is 18.6. The van der Waals surface area contributed by atoms with Crippen molar-refractivity contribution in [2.45, 2.75) is 5.51 Å². The maximum Gasteiger partial charge on any atom is 0.522 e. The highest BCUT2D eigenvalue weighted by Crippen LogP contribution is 2.20. The smallest absolute Gasteiger partial charge is 0.481 e. The van der Waals surface area contributed by atoms with Crippen molar-refractivity contribution in [3.05, 3.63) is 30.0 Å². The number of hydrogen-bond acceptors (Lipinski definition) is 6. The molecule has 2 rings (SSSR count). The average Bonchev–Trinajstić information content (AvgIpc) is 2.44. The van der Waals surface area contributed by atoms with Gasteiger partial charge in [0.15, 0.2) is 0 Å². The average molecular weight is 354 g/mol. The van der Waals surface area contributed by atoms with Crippen LogP contribution in [-0.2, 0) is 10.1 Å². The fraction of sp³-hybridized carbons (Fsp3) is 0.182. The number of methoxy groups -OCH3 is 1. The lowest BCUT2D eigenvalue weighted by molar-refractivity contribution is -0.0510. The maximum atomic E-state index is 10.9. The van der Waals surface area contributed by atoms with Crippen LogP contribution >= 0.6 is 0 Å². The third kappa shape index (κ3) is 4.75. The number of carbonyl (C=O) groups is 1. The number of carboxylic acids is 1. The van der Waals surface area contributed by atoms with Crippen LogP contribution in [0.2, 0.25) is 0 Å². The minimum atomic E-state index is -5.84. The minimum Gasteiger partial charge on any atom is -0.481 e. The van der Waals surface area contributed by atoms with E-state index in [4.69, 9.17) is 22.8 Å². The summed E-state index contributed by atoms with van der Waals surface area (Å²) in [4.78, 5) is 19.0. The number of rotatable bonds is 2. The summed E-state index contributed by atoms with van der Waals surface area (Å²) in [5, 5.41) is 8.94. The lowest BCUT2D eigenvalue weighted by Gasteiger charge is -2.02. The second-order valence-electron chi connectivity index (χ2n) is 3.81. The summed E-state index contributed by atoms with van der Waals surface area (Å²) in [6.45, 7) is 0. The van der Waals surface area contributed by atoms with E-state index in [-0.39, 0.29) is 5.56 Å². The molecule has 2 aromatic rings. The zero-order valence-corrected chi connectivity index (χ0v) is 12.1. The summed E-state index contributed by atoms with van der Waals surface area (Å²) in [6, 6.07) is 4.73. The first-order valence-corrected chi connectivity index (χ1v) is 6.98. The number of hydrogen-bond donors (Lipinski definition) is 2. The number of halogens is 3. The summed E-state index contributed by atoms with van der Waals surface area (Å²) in [5.41, 5.74) is -4.54. The van der Waals surface area contributed by atoms with Crippen LogP contribution in [0.5, 0.6) is 5.88 Å². The van der Waals surface area contributed by atoms with Crippen molar-refractivity contribution in [2.24, 2.45) is 0 Å². The second kappa shape index (κ2) is 6.75. The molecule has 8 nitrogen and oxygen atoms in total. The van der Waals surface area contributed by atoms with Gasteiger partial charge in [-0.15, -0.1) is 0 Å². The van der Waals surface area contributed by atoms with E-state index in [1.165, 1.54) is 19.4 Å². The van der Waals surface area contributed by atoms with Gasteiger partial charge in [-0.2, -0.15) is 21.6 Å². The van der Waals surface area contributed by atoms with Crippen molar-refractivity contribution in [1.82, 2.24) is 9.97 Å². The lowest BCUT2D eigenvalue weighted by atomic mass is 10.2. The van der Waals surface area contributed by atoms with Crippen LogP contribution < -0.4 is 4.74 Å². The molecule has 0 aliphatic heterocycles. The van der Waals surface area contributed by atoms with E-state index in [9.17, 15) is 18.0 Å². The molecule has 0 amide bonds. The first-order chi connectivity index (χ1) is 10.5. The van der Waals surface area contributed by atoms with E-state index in [1.54, 1.807) is 12.1 Å². The third-order valence-electron chi connectivity index (χ3n) is 2.29. The predicted molar refractivity (Wildman–Crippen MR) is 70.7 cm³/mol. The van der Waals surface area contributed by atoms with Gasteiger partial charge in [-0.1, -0.05) is 0 Å². The van der Waals surface area contributed by atoms with Crippen LogP contribution in [0.25, 0.3) is 11.0 Å². The quantitative estimate of drug-likeness (QED) is 0.617. The molecular formula is C11H9F3N2O6S. The molecule has 0 spiro atoms. The van der Waals surface area contributed by atoms with Crippen molar-refractivity contribution >= 4 is 27.1 Å². The number of nitrogens with zero attached hydrogens (tertiary/aromatic N) is 2. The SMILES string of the molecule is COc1ccc2nccc(C(=O)O)c2n1.O=S(=O)(O)C(F)(F)F. The highest BCUT2D eigenvalue weighted by Gasteiger charge is 2.44. The van der Waals surface area contributed by atoms with Gasteiger partial charge in [0.1, 0.15) is 5.52 Å². The molecule has 0 bridgehead atoms. The zero-order chi connectivity index (χ0) is 17.8. The van der Waals surface area contributed by atoms with Gasteiger partial charge in [-0.3, -0.25) is 9.54 Å². The monoisotopic (exact) mass is 354 g/mol. The van der Waals surface area contributed by atoms with Crippen molar-refractivity contribution in [2.75, 3.05) is 7.11 Å². The fourth-order valence-electron chi connectivity index (χ4n) is 1.29. The molecule has 0 unspecified atom stereocenters. The number of carboxylic acid groups (broad SMARTS) is 1. The van der Waals surface area contributed by atoms with E-state index >= 15 is 0 Å². The van der Waals surface area contributed by atoms with E-state index < -0.39 is 21.6 Å². The van der Waals surface area contributed by atoms with Gasteiger partial charge in [0.25, 0.3) is 0 Å². The van der Waals surface area contributed by atoms with Crippen LogP contribution in [0.15, 0.2) is 24.4 Å². The maximum absolute atomic E-state index is 10.9. The molecule has 0 saturated carbocycles. The first-order valence-electron chi connectivity index (χ1n) is 5.54. The van der Waals surface area contributed by atoms with Crippen LogP contribution in [0.4, 0.5) is 13.2 Å². The molecule has 0 aromatic carbocycles. The summed E-state index contributed by atoms with van der Waals surface area (Å²) >= 11 is 0. The number of fused-ring (bicyclic) bond motifs is 1. The Labute approximate surface area is 127 Å². The Bertz CT molecular complexity index is 822. The van der Waals surface area contributed by atoms with Gasteiger partial charge in [-0.05, 0) is 12.1 Å². The highest BCUT2D eigenvalue weighted by molar-refractivity contribution is 7.86. The molecular weight excluding hydrogens is 345 g/mol. The molecule has 2 heterocycles. The van der Waals surface area contributed by atoms with Gasteiger partial charge < -0.3 is 9.84 Å². The van der Waals surface area contributed by atoms with E-state index in [0.717, 1.165) is 0 Å². The topological polar surface area (TPSA) is 127 Å². The molecule has 126 valence electrons. The molecule has 0 aliphatic carbocycles. The molecule has 12 heteroatoms. The molecule has 23 heavy (non-hydrogen) atoms. The summed E-state index contributed by atoms with van der Waals surface area (Å²) in [7, 11) is -4.36. The van der Waals surface area contributed by atoms with Gasteiger partial charge in [0, 0.05) is 12.3 Å². The van der Waals surface area contributed by atoms with Crippen LogP contribution in [0, 0.1) is 0 Å². The number of aromatic carboxylic acids is 1. The largest absolute Gasteiger partial charge is 0.522 e. The number of ether oxygens (including phenoxy) is 1. The number of aromatic nitrogens is 2.